The molecule has 0 unspecified atom stereocenters. The van der Waals surface area contributed by atoms with Crippen molar-refractivity contribution >= 4 is 22.5 Å². The minimum Gasteiger partial charge on any atom is -0.313 e. The van der Waals surface area contributed by atoms with E-state index in [1.54, 1.807) is 6.07 Å². The van der Waals surface area contributed by atoms with Crippen molar-refractivity contribution in [3.63, 3.8) is 0 Å². The topological polar surface area (TPSA) is 41.9 Å². The molecule has 118 valence electrons. The zero-order valence-electron chi connectivity index (χ0n) is 13.2. The van der Waals surface area contributed by atoms with E-state index < -0.39 is 0 Å². The molecule has 0 saturated carbocycles. The van der Waals surface area contributed by atoms with Crippen molar-refractivity contribution in [3.8, 4) is 0 Å². The van der Waals surface area contributed by atoms with Crippen molar-refractivity contribution < 1.29 is 9.63 Å². The molecule has 2 aliphatic rings. The Morgan fingerprint density at radius 2 is 1.78 bits per heavy atom. The highest BCUT2D eigenvalue weighted by Crippen LogP contribution is 2.32. The zero-order chi connectivity index (χ0) is 15.8. The summed E-state index contributed by atoms with van der Waals surface area (Å²) in [5, 5.41) is 6.12. The van der Waals surface area contributed by atoms with Crippen molar-refractivity contribution in [2.75, 3.05) is 7.05 Å². The minimum atomic E-state index is -0.374. The molecule has 2 aromatic rings. The van der Waals surface area contributed by atoms with Crippen LogP contribution in [0.4, 0.5) is 0 Å². The second kappa shape index (κ2) is 5.78. The SMILES string of the molecule is CN1[C@@H]2CC[C@H]1CC(=NOC(=O)c1cccc3ccccc13)C2. The van der Waals surface area contributed by atoms with Gasteiger partial charge in [0.15, 0.2) is 0 Å². The molecule has 23 heavy (non-hydrogen) atoms. The molecule has 2 heterocycles. The summed E-state index contributed by atoms with van der Waals surface area (Å²) in [6.45, 7) is 0. The first-order valence-electron chi connectivity index (χ1n) is 8.19. The van der Waals surface area contributed by atoms with Crippen LogP contribution in [0.2, 0.25) is 0 Å². The Hall–Kier alpha value is -2.20. The minimum absolute atomic E-state index is 0.374. The van der Waals surface area contributed by atoms with Gasteiger partial charge in [0.25, 0.3) is 0 Å². The van der Waals surface area contributed by atoms with Crippen LogP contribution in [-0.2, 0) is 4.84 Å². The number of hydrogen-bond acceptors (Lipinski definition) is 4. The molecule has 0 aliphatic carbocycles. The highest BCUT2D eigenvalue weighted by molar-refractivity contribution is 6.04. The van der Waals surface area contributed by atoms with Gasteiger partial charge in [-0.2, -0.15) is 0 Å². The normalized spacial score (nSPS) is 25.9. The molecule has 0 amide bonds. The maximum atomic E-state index is 12.4. The van der Waals surface area contributed by atoms with Gasteiger partial charge in [0.05, 0.1) is 11.3 Å². The standard InChI is InChI=1S/C19H20N2O2/c1-21-15-9-10-16(21)12-14(11-15)20-23-19(22)18-8-4-6-13-5-2-3-7-17(13)18/h2-8,15-16H,9-12H2,1H3/t15-,16+. The summed E-state index contributed by atoms with van der Waals surface area (Å²) in [5.74, 6) is -0.374. The molecule has 2 atom stereocenters. The molecule has 2 fully saturated rings. The average Bonchev–Trinajstić information content (AvgIpc) is 2.80. The fraction of sp³-hybridized carbons (Fsp3) is 0.368. The Balaban J connectivity index is 1.53. The summed E-state index contributed by atoms with van der Waals surface area (Å²) in [6, 6.07) is 14.6. The molecule has 4 rings (SSSR count). The van der Waals surface area contributed by atoms with E-state index in [4.69, 9.17) is 4.84 Å². The lowest BCUT2D eigenvalue weighted by Crippen LogP contribution is -2.40. The summed E-state index contributed by atoms with van der Waals surface area (Å²) in [7, 11) is 2.18. The van der Waals surface area contributed by atoms with E-state index in [-0.39, 0.29) is 5.97 Å². The Morgan fingerprint density at radius 1 is 1.09 bits per heavy atom. The molecular weight excluding hydrogens is 288 g/mol. The molecule has 2 aromatic carbocycles. The summed E-state index contributed by atoms with van der Waals surface area (Å²) in [5.41, 5.74) is 1.59. The number of benzene rings is 2. The fourth-order valence-electron chi connectivity index (χ4n) is 3.84. The first kappa shape index (κ1) is 14.4. The average molecular weight is 308 g/mol. The van der Waals surface area contributed by atoms with Gasteiger partial charge in [-0.25, -0.2) is 4.79 Å². The van der Waals surface area contributed by atoms with E-state index in [1.807, 2.05) is 36.4 Å². The van der Waals surface area contributed by atoms with Crippen molar-refractivity contribution in [1.29, 1.82) is 0 Å². The number of hydrogen-bond donors (Lipinski definition) is 0. The van der Waals surface area contributed by atoms with Gasteiger partial charge in [0, 0.05) is 24.9 Å². The van der Waals surface area contributed by atoms with Crippen LogP contribution in [0.15, 0.2) is 47.6 Å². The zero-order valence-corrected chi connectivity index (χ0v) is 13.2. The molecule has 4 nitrogen and oxygen atoms in total. The molecular formula is C19H20N2O2. The van der Waals surface area contributed by atoms with Crippen LogP contribution in [-0.4, -0.2) is 35.7 Å². The lowest BCUT2D eigenvalue weighted by molar-refractivity contribution is 0.0513. The van der Waals surface area contributed by atoms with Crippen LogP contribution < -0.4 is 0 Å². The van der Waals surface area contributed by atoms with Crippen LogP contribution in [0.25, 0.3) is 10.8 Å². The molecule has 2 bridgehead atoms. The van der Waals surface area contributed by atoms with E-state index in [1.165, 1.54) is 12.8 Å². The van der Waals surface area contributed by atoms with Gasteiger partial charge in [0.2, 0.25) is 0 Å². The molecule has 2 aliphatic heterocycles. The third-order valence-electron chi connectivity index (χ3n) is 5.19. The molecule has 4 heteroatoms. The predicted molar refractivity (Wildman–Crippen MR) is 90.6 cm³/mol. The number of rotatable bonds is 2. The van der Waals surface area contributed by atoms with Gasteiger partial charge in [-0.3, -0.25) is 4.90 Å². The van der Waals surface area contributed by atoms with Crippen molar-refractivity contribution in [3.05, 3.63) is 48.0 Å². The maximum absolute atomic E-state index is 12.4. The Labute approximate surface area is 135 Å². The summed E-state index contributed by atoms with van der Waals surface area (Å²) in [6.07, 6.45) is 4.26. The van der Waals surface area contributed by atoms with Crippen LogP contribution >= 0.6 is 0 Å². The van der Waals surface area contributed by atoms with Gasteiger partial charge < -0.3 is 4.84 Å². The number of carbonyl (C=O) groups is 1. The number of fused-ring (bicyclic) bond motifs is 3. The molecule has 0 spiro atoms. The smallest absolute Gasteiger partial charge is 0.313 e. The lowest BCUT2D eigenvalue weighted by atomic mass is 10.0. The monoisotopic (exact) mass is 308 g/mol. The Kier molecular flexibility index (Phi) is 3.62. The van der Waals surface area contributed by atoms with Gasteiger partial charge in [-0.15, -0.1) is 0 Å². The third kappa shape index (κ3) is 2.63. The van der Waals surface area contributed by atoms with Crippen molar-refractivity contribution in [1.82, 2.24) is 4.90 Å². The van der Waals surface area contributed by atoms with Crippen LogP contribution in [0, 0.1) is 0 Å². The number of piperidine rings is 1. The van der Waals surface area contributed by atoms with Crippen molar-refractivity contribution in [2.24, 2.45) is 5.16 Å². The Morgan fingerprint density at radius 3 is 2.57 bits per heavy atom. The molecule has 0 aromatic heterocycles. The van der Waals surface area contributed by atoms with E-state index in [0.717, 1.165) is 29.3 Å². The first-order valence-corrected chi connectivity index (χ1v) is 8.19. The van der Waals surface area contributed by atoms with Gasteiger partial charge in [-0.05, 0) is 36.7 Å². The molecule has 0 N–H and O–H groups in total. The highest BCUT2D eigenvalue weighted by Gasteiger charge is 2.37. The third-order valence-corrected chi connectivity index (χ3v) is 5.19. The predicted octanol–water partition coefficient (Wildman–Crippen LogP) is 3.61. The molecule has 0 radical (unpaired) electrons. The van der Waals surface area contributed by atoms with E-state index in [9.17, 15) is 4.79 Å². The van der Waals surface area contributed by atoms with E-state index in [0.29, 0.717) is 17.6 Å². The van der Waals surface area contributed by atoms with Crippen LogP contribution in [0.1, 0.15) is 36.0 Å². The number of oxime groups is 1. The number of nitrogens with zero attached hydrogens (tertiary/aromatic N) is 2. The van der Waals surface area contributed by atoms with Gasteiger partial charge in [-0.1, -0.05) is 41.6 Å². The highest BCUT2D eigenvalue weighted by atomic mass is 16.7. The van der Waals surface area contributed by atoms with Crippen molar-refractivity contribution in [2.45, 2.75) is 37.8 Å². The van der Waals surface area contributed by atoms with Gasteiger partial charge >= 0.3 is 5.97 Å². The number of carbonyl (C=O) groups excluding carboxylic acids is 1. The summed E-state index contributed by atoms with van der Waals surface area (Å²) >= 11 is 0. The first-order chi connectivity index (χ1) is 11.2. The largest absolute Gasteiger partial charge is 0.366 e. The Bertz CT molecular complexity index is 763. The maximum Gasteiger partial charge on any atom is 0.366 e. The van der Waals surface area contributed by atoms with Gasteiger partial charge in [0.1, 0.15) is 0 Å². The van der Waals surface area contributed by atoms with E-state index >= 15 is 0 Å². The van der Waals surface area contributed by atoms with Crippen LogP contribution in [0.3, 0.4) is 0 Å². The second-order valence-corrected chi connectivity index (χ2v) is 6.52. The summed E-state index contributed by atoms with van der Waals surface area (Å²) < 4.78 is 0. The van der Waals surface area contributed by atoms with E-state index in [2.05, 4.69) is 17.1 Å². The lowest BCUT2D eigenvalue weighted by Gasteiger charge is -2.31. The van der Waals surface area contributed by atoms with Crippen LogP contribution in [0.5, 0.6) is 0 Å². The summed E-state index contributed by atoms with van der Waals surface area (Å²) in [4.78, 5) is 20.1. The second-order valence-electron chi connectivity index (χ2n) is 6.52. The fourth-order valence-corrected chi connectivity index (χ4v) is 3.84. The quantitative estimate of drug-likeness (QED) is 0.628. The molecule has 2 saturated heterocycles.